The quantitative estimate of drug-likeness (QED) is 0.227. The van der Waals surface area contributed by atoms with E-state index in [0.29, 0.717) is 26.1 Å². The summed E-state index contributed by atoms with van der Waals surface area (Å²) in [6.45, 7) is 6.93. The number of imidazole rings is 1. The van der Waals surface area contributed by atoms with Gasteiger partial charge in [-0.1, -0.05) is 29.8 Å². The topological polar surface area (TPSA) is 141 Å². The molecule has 2 aromatic heterocycles. The molecule has 196 valence electrons. The molecule has 0 fully saturated rings. The molecule has 0 amide bonds. The average Bonchev–Trinajstić information content (AvgIpc) is 3.21. The molecule has 5 rings (SSSR count). The van der Waals surface area contributed by atoms with Crippen molar-refractivity contribution in [3.63, 3.8) is 0 Å². The third-order valence-electron chi connectivity index (χ3n) is 6.81. The van der Waals surface area contributed by atoms with Crippen LogP contribution in [-0.4, -0.2) is 26.9 Å². The molecule has 2 heterocycles. The maximum atomic E-state index is 14.0. The van der Waals surface area contributed by atoms with Crippen molar-refractivity contribution in [1.82, 2.24) is 13.5 Å². The number of nitro groups is 1. The Labute approximate surface area is 223 Å². The summed E-state index contributed by atoms with van der Waals surface area (Å²) in [5.41, 5.74) is 1.11. The Morgan fingerprint density at radius 1 is 1.03 bits per heavy atom. The van der Waals surface area contributed by atoms with Gasteiger partial charge >= 0.3 is 5.69 Å². The fourth-order valence-electron chi connectivity index (χ4n) is 4.60. The minimum absolute atomic E-state index is 0.0328. The predicted molar refractivity (Wildman–Crippen MR) is 147 cm³/mol. The molecule has 3 aromatic carbocycles. The Morgan fingerprint density at radius 2 is 1.72 bits per heavy atom. The Bertz CT molecular complexity index is 2030. The van der Waals surface area contributed by atoms with Crippen LogP contribution in [0.25, 0.3) is 27.6 Å². The fourth-order valence-corrected chi connectivity index (χ4v) is 6.22. The van der Waals surface area contributed by atoms with E-state index in [1.165, 1.54) is 29.8 Å². The molecular weight excluding hydrogens is 518 g/mol. The first kappa shape index (κ1) is 25.8. The van der Waals surface area contributed by atoms with Crippen LogP contribution in [0.15, 0.2) is 76.6 Å². The Hall–Kier alpha value is -4.82. The van der Waals surface area contributed by atoms with E-state index in [-0.39, 0.29) is 16.0 Å². The standard InChI is InChI=1S/C28H23N5O5S/c1-17-5-12-23-22(13-17)26-24(15-30-23)32(39(37,38)25-14-21(33(35)36)9-6-18(25)2)27(34)31(26)20-10-7-19(8-11-20)28(3,4)16-29/h5-15H,1-4H3. The van der Waals surface area contributed by atoms with Gasteiger partial charge in [-0.2, -0.15) is 9.23 Å². The first-order valence-corrected chi connectivity index (χ1v) is 13.4. The summed E-state index contributed by atoms with van der Waals surface area (Å²) in [5, 5.41) is 21.5. The maximum Gasteiger partial charge on any atom is 0.348 e. The number of pyridine rings is 1. The zero-order valence-corrected chi connectivity index (χ0v) is 22.4. The highest BCUT2D eigenvalue weighted by Gasteiger charge is 2.30. The van der Waals surface area contributed by atoms with Crippen LogP contribution in [-0.2, 0) is 15.4 Å². The number of aryl methyl sites for hydroxylation is 2. The van der Waals surface area contributed by atoms with Crippen LogP contribution in [0.1, 0.15) is 30.5 Å². The van der Waals surface area contributed by atoms with Gasteiger partial charge in [-0.05, 0) is 63.1 Å². The summed E-state index contributed by atoms with van der Waals surface area (Å²) in [4.78, 5) is 28.8. The van der Waals surface area contributed by atoms with Crippen LogP contribution < -0.4 is 5.69 Å². The molecule has 0 saturated carbocycles. The Morgan fingerprint density at radius 3 is 2.36 bits per heavy atom. The maximum absolute atomic E-state index is 14.0. The van der Waals surface area contributed by atoms with Crippen LogP contribution in [0.4, 0.5) is 5.69 Å². The van der Waals surface area contributed by atoms with Gasteiger partial charge < -0.3 is 0 Å². The van der Waals surface area contributed by atoms with E-state index in [1.54, 1.807) is 44.2 Å². The van der Waals surface area contributed by atoms with Crippen LogP contribution in [0.3, 0.4) is 0 Å². The van der Waals surface area contributed by atoms with Gasteiger partial charge in [-0.15, -0.1) is 0 Å². The second-order valence-corrected chi connectivity index (χ2v) is 11.6. The molecule has 0 saturated heterocycles. The number of hydrogen-bond donors (Lipinski definition) is 0. The molecule has 0 aliphatic rings. The van der Waals surface area contributed by atoms with E-state index in [2.05, 4.69) is 11.1 Å². The molecule has 0 radical (unpaired) electrons. The Kier molecular flexibility index (Phi) is 5.88. The van der Waals surface area contributed by atoms with Crippen LogP contribution >= 0.6 is 0 Å². The minimum atomic E-state index is -4.59. The first-order valence-electron chi connectivity index (χ1n) is 11.9. The lowest BCUT2D eigenvalue weighted by Gasteiger charge is -2.16. The third-order valence-corrected chi connectivity index (χ3v) is 8.64. The van der Waals surface area contributed by atoms with Crippen molar-refractivity contribution in [1.29, 1.82) is 5.26 Å². The summed E-state index contributed by atoms with van der Waals surface area (Å²) in [5.74, 6) is 0. The number of fused-ring (bicyclic) bond motifs is 3. The van der Waals surface area contributed by atoms with E-state index in [9.17, 15) is 28.6 Å². The van der Waals surface area contributed by atoms with E-state index < -0.39 is 31.7 Å². The van der Waals surface area contributed by atoms with Crippen LogP contribution in [0.2, 0.25) is 0 Å². The average molecular weight is 542 g/mol. The second-order valence-electron chi connectivity index (χ2n) is 9.89. The largest absolute Gasteiger partial charge is 0.348 e. The van der Waals surface area contributed by atoms with Gasteiger partial charge in [-0.25, -0.2) is 13.2 Å². The molecule has 10 nitrogen and oxygen atoms in total. The highest BCUT2D eigenvalue weighted by molar-refractivity contribution is 7.90. The summed E-state index contributed by atoms with van der Waals surface area (Å²) in [6.07, 6.45) is 1.32. The number of aromatic nitrogens is 3. The monoisotopic (exact) mass is 541 g/mol. The minimum Gasteiger partial charge on any atom is -0.259 e. The molecule has 0 bridgehead atoms. The Balaban J connectivity index is 1.90. The third kappa shape index (κ3) is 4.06. The highest BCUT2D eigenvalue weighted by atomic mass is 32.2. The van der Waals surface area contributed by atoms with Crippen molar-refractivity contribution in [2.24, 2.45) is 0 Å². The summed E-state index contributed by atoms with van der Waals surface area (Å²) in [7, 11) is -4.59. The van der Waals surface area contributed by atoms with Crippen LogP contribution in [0.5, 0.6) is 0 Å². The zero-order valence-electron chi connectivity index (χ0n) is 21.5. The van der Waals surface area contributed by atoms with Crippen molar-refractivity contribution < 1.29 is 13.3 Å². The summed E-state index contributed by atoms with van der Waals surface area (Å²) < 4.78 is 29.9. The summed E-state index contributed by atoms with van der Waals surface area (Å²) >= 11 is 0. The molecule has 0 aliphatic carbocycles. The number of benzene rings is 3. The predicted octanol–water partition coefficient (Wildman–Crippen LogP) is 4.90. The smallest absolute Gasteiger partial charge is 0.259 e. The van der Waals surface area contributed by atoms with E-state index in [1.807, 2.05) is 19.1 Å². The lowest BCUT2D eigenvalue weighted by molar-refractivity contribution is -0.385. The molecule has 11 heteroatoms. The number of rotatable bonds is 5. The number of nitrogens with zero attached hydrogens (tertiary/aromatic N) is 5. The lowest BCUT2D eigenvalue weighted by Crippen LogP contribution is -2.29. The molecule has 5 aromatic rings. The second kappa shape index (κ2) is 8.89. The highest BCUT2D eigenvalue weighted by Crippen LogP contribution is 2.31. The number of non-ortho nitro benzene ring substituents is 1. The van der Waals surface area contributed by atoms with Gasteiger partial charge in [0.2, 0.25) is 0 Å². The van der Waals surface area contributed by atoms with Gasteiger partial charge in [0.25, 0.3) is 15.7 Å². The number of nitriles is 1. The first-order chi connectivity index (χ1) is 18.4. The zero-order chi connectivity index (χ0) is 28.3. The molecule has 0 N–H and O–H groups in total. The van der Waals surface area contributed by atoms with Gasteiger partial charge in [0, 0.05) is 17.5 Å². The molecule has 0 aliphatic heterocycles. The molecule has 0 spiro atoms. The van der Waals surface area contributed by atoms with Gasteiger partial charge in [0.1, 0.15) is 5.52 Å². The number of hydrogen-bond acceptors (Lipinski definition) is 7. The molecular formula is C28H23N5O5S. The van der Waals surface area contributed by atoms with Crippen molar-refractivity contribution in [3.8, 4) is 11.8 Å². The number of nitro benzene ring substituents is 1. The molecule has 0 atom stereocenters. The van der Waals surface area contributed by atoms with Gasteiger partial charge in [0.15, 0.2) is 0 Å². The summed E-state index contributed by atoms with van der Waals surface area (Å²) in [6, 6.07) is 18.0. The molecule has 0 unspecified atom stereocenters. The van der Waals surface area contributed by atoms with E-state index in [0.717, 1.165) is 17.2 Å². The SMILES string of the molecule is Cc1ccc2ncc3c(c2c1)n(-c1ccc(C(C)(C)C#N)cc1)c(=O)n3S(=O)(=O)c1cc([N+](=O)[O-])ccc1C. The van der Waals surface area contributed by atoms with Crippen molar-refractivity contribution in [2.45, 2.75) is 38.0 Å². The fraction of sp³-hybridized carbons (Fsp3) is 0.179. The normalized spacial score (nSPS) is 12.1. The molecule has 39 heavy (non-hydrogen) atoms. The van der Waals surface area contributed by atoms with Crippen molar-refractivity contribution in [2.75, 3.05) is 0 Å². The van der Waals surface area contributed by atoms with Crippen molar-refractivity contribution >= 4 is 37.6 Å². The van der Waals surface area contributed by atoms with Crippen LogP contribution in [0, 0.1) is 35.3 Å². The van der Waals surface area contributed by atoms with Crippen molar-refractivity contribution in [3.05, 3.63) is 104 Å². The van der Waals surface area contributed by atoms with Gasteiger partial charge in [-0.3, -0.25) is 19.7 Å². The van der Waals surface area contributed by atoms with E-state index in [4.69, 9.17) is 0 Å². The van der Waals surface area contributed by atoms with Gasteiger partial charge in [0.05, 0.1) is 44.2 Å². The van der Waals surface area contributed by atoms with E-state index >= 15 is 0 Å². The lowest BCUT2D eigenvalue weighted by atomic mass is 9.86.